The van der Waals surface area contributed by atoms with Gasteiger partial charge in [-0.3, -0.25) is 9.59 Å². The first-order valence-electron chi connectivity index (χ1n) is 10.5. The molecule has 6 heteroatoms. The van der Waals surface area contributed by atoms with Gasteiger partial charge in [0.1, 0.15) is 12.2 Å². The molecule has 1 aliphatic heterocycles. The zero-order chi connectivity index (χ0) is 22.0. The molecule has 0 N–H and O–H groups in total. The number of likely N-dealkylation sites (tertiary alicyclic amines) is 1. The van der Waals surface area contributed by atoms with E-state index in [0.29, 0.717) is 17.7 Å². The highest BCUT2D eigenvalue weighted by Gasteiger charge is 2.38. The molecule has 2 atom stereocenters. The van der Waals surface area contributed by atoms with Crippen LogP contribution in [-0.4, -0.2) is 23.3 Å². The fraction of sp³-hybridized carbons (Fsp3) is 0.320. The highest BCUT2D eigenvalue weighted by Crippen LogP contribution is 2.29. The fourth-order valence-corrected chi connectivity index (χ4v) is 4.06. The standard InChI is InChI=1S/C25H25NO5/c1-3-17-9-10-21-20(13-24(28)31-22(21)11-17)15-30-25(29)19-12-23(27)26(14-19)16(2)18-7-5-4-6-8-18/h4-11,13,16,19H,3,12,14-15H2,1-2H3/t16-,19+/m0/s1. The van der Waals surface area contributed by atoms with Crippen molar-refractivity contribution in [1.29, 1.82) is 0 Å². The number of carbonyl (C=O) groups is 2. The van der Waals surface area contributed by atoms with Crippen molar-refractivity contribution in [2.45, 2.75) is 39.3 Å². The first-order valence-corrected chi connectivity index (χ1v) is 10.5. The van der Waals surface area contributed by atoms with Crippen molar-refractivity contribution in [3.8, 4) is 0 Å². The largest absolute Gasteiger partial charge is 0.461 e. The Hall–Kier alpha value is -3.41. The van der Waals surface area contributed by atoms with Crippen LogP contribution < -0.4 is 5.63 Å². The van der Waals surface area contributed by atoms with E-state index in [1.807, 2.05) is 62.4 Å². The van der Waals surface area contributed by atoms with E-state index in [1.54, 1.807) is 4.90 Å². The zero-order valence-electron chi connectivity index (χ0n) is 17.7. The first-order chi connectivity index (χ1) is 15.0. The molecule has 3 aromatic rings. The molecule has 6 nitrogen and oxygen atoms in total. The van der Waals surface area contributed by atoms with Crippen LogP contribution in [-0.2, 0) is 27.4 Å². The minimum atomic E-state index is -0.517. The number of fused-ring (bicyclic) bond motifs is 1. The molecular weight excluding hydrogens is 394 g/mol. The van der Waals surface area contributed by atoms with Gasteiger partial charge in [0.25, 0.3) is 0 Å². The van der Waals surface area contributed by atoms with Crippen LogP contribution >= 0.6 is 0 Å². The summed E-state index contributed by atoms with van der Waals surface area (Å²) >= 11 is 0. The molecular formula is C25H25NO5. The van der Waals surface area contributed by atoms with Crippen LogP contribution in [0, 0.1) is 5.92 Å². The van der Waals surface area contributed by atoms with Crippen molar-refractivity contribution >= 4 is 22.8 Å². The molecule has 1 fully saturated rings. The van der Waals surface area contributed by atoms with E-state index in [4.69, 9.17) is 9.15 Å². The van der Waals surface area contributed by atoms with E-state index >= 15 is 0 Å². The first kappa shape index (κ1) is 20.8. The number of benzene rings is 2. The average molecular weight is 419 g/mol. The van der Waals surface area contributed by atoms with Crippen LogP contribution in [0.3, 0.4) is 0 Å². The normalized spacial score (nSPS) is 17.2. The molecule has 0 saturated carbocycles. The Morgan fingerprint density at radius 1 is 1.16 bits per heavy atom. The summed E-state index contributed by atoms with van der Waals surface area (Å²) in [5.74, 6) is -1.00. The number of hydrogen-bond acceptors (Lipinski definition) is 5. The summed E-state index contributed by atoms with van der Waals surface area (Å²) < 4.78 is 10.8. The molecule has 1 amide bonds. The van der Waals surface area contributed by atoms with Crippen molar-refractivity contribution in [3.63, 3.8) is 0 Å². The molecule has 0 spiro atoms. The summed E-state index contributed by atoms with van der Waals surface area (Å²) in [6.07, 6.45) is 0.958. The van der Waals surface area contributed by atoms with Crippen molar-refractivity contribution < 1.29 is 18.7 Å². The van der Waals surface area contributed by atoms with Gasteiger partial charge in [-0.05, 0) is 30.5 Å². The number of hydrogen-bond donors (Lipinski definition) is 0. The Kier molecular flexibility index (Phi) is 5.89. The van der Waals surface area contributed by atoms with Gasteiger partial charge in [0, 0.05) is 30.0 Å². The van der Waals surface area contributed by atoms with Crippen LogP contribution in [0.2, 0.25) is 0 Å². The second kappa shape index (κ2) is 8.76. The number of esters is 1. The third-order valence-electron chi connectivity index (χ3n) is 5.91. The van der Waals surface area contributed by atoms with E-state index in [-0.39, 0.29) is 25.0 Å². The zero-order valence-corrected chi connectivity index (χ0v) is 17.7. The number of nitrogens with zero attached hydrogens (tertiary/aromatic N) is 1. The molecule has 1 aliphatic rings. The van der Waals surface area contributed by atoms with Gasteiger partial charge in [-0.15, -0.1) is 0 Å². The van der Waals surface area contributed by atoms with Gasteiger partial charge in [0.2, 0.25) is 5.91 Å². The average Bonchev–Trinajstić information content (AvgIpc) is 3.18. The lowest BCUT2D eigenvalue weighted by atomic mass is 10.1. The van der Waals surface area contributed by atoms with Crippen molar-refractivity contribution in [2.75, 3.05) is 6.54 Å². The molecule has 160 valence electrons. The Morgan fingerprint density at radius 3 is 2.68 bits per heavy atom. The van der Waals surface area contributed by atoms with Crippen LogP contribution in [0.25, 0.3) is 11.0 Å². The SMILES string of the molecule is CCc1ccc2c(COC(=O)[C@@H]3CC(=O)N([C@@H](C)c4ccccc4)C3)cc(=O)oc2c1. The number of carbonyl (C=O) groups excluding carboxylic acids is 2. The minimum Gasteiger partial charge on any atom is -0.461 e. The highest BCUT2D eigenvalue weighted by atomic mass is 16.5. The van der Waals surface area contributed by atoms with Crippen molar-refractivity contribution in [3.05, 3.63) is 81.7 Å². The summed E-state index contributed by atoms with van der Waals surface area (Å²) in [7, 11) is 0. The molecule has 0 bridgehead atoms. The van der Waals surface area contributed by atoms with Gasteiger partial charge >= 0.3 is 11.6 Å². The summed E-state index contributed by atoms with van der Waals surface area (Å²) in [5.41, 5.74) is 2.68. The lowest BCUT2D eigenvalue weighted by Gasteiger charge is -2.25. The van der Waals surface area contributed by atoms with E-state index in [1.165, 1.54) is 6.07 Å². The molecule has 2 heterocycles. The Bertz CT molecular complexity index is 1170. The maximum absolute atomic E-state index is 12.7. The van der Waals surface area contributed by atoms with E-state index in [2.05, 4.69) is 0 Å². The molecule has 31 heavy (non-hydrogen) atoms. The maximum Gasteiger partial charge on any atom is 0.336 e. The number of rotatable bonds is 6. The van der Waals surface area contributed by atoms with Gasteiger partial charge in [-0.2, -0.15) is 0 Å². The topological polar surface area (TPSA) is 76.8 Å². The van der Waals surface area contributed by atoms with E-state index in [0.717, 1.165) is 22.9 Å². The van der Waals surface area contributed by atoms with Gasteiger partial charge < -0.3 is 14.1 Å². The number of amides is 1. The Morgan fingerprint density at radius 2 is 1.94 bits per heavy atom. The summed E-state index contributed by atoms with van der Waals surface area (Å²) in [4.78, 5) is 38.9. The monoisotopic (exact) mass is 419 g/mol. The number of ether oxygens (including phenoxy) is 1. The Balaban J connectivity index is 1.45. The second-order valence-corrected chi connectivity index (χ2v) is 7.92. The van der Waals surface area contributed by atoms with Crippen LogP contribution in [0.5, 0.6) is 0 Å². The second-order valence-electron chi connectivity index (χ2n) is 7.92. The van der Waals surface area contributed by atoms with Crippen LogP contribution in [0.1, 0.15) is 43.0 Å². The summed E-state index contributed by atoms with van der Waals surface area (Å²) in [6, 6.07) is 16.7. The van der Waals surface area contributed by atoms with Gasteiger partial charge in [0.05, 0.1) is 12.0 Å². The van der Waals surface area contributed by atoms with Crippen LogP contribution in [0.15, 0.2) is 63.8 Å². The molecule has 2 aromatic carbocycles. The van der Waals surface area contributed by atoms with E-state index < -0.39 is 17.5 Å². The summed E-state index contributed by atoms with van der Waals surface area (Å²) in [5, 5.41) is 0.742. The molecule has 4 rings (SSSR count). The smallest absolute Gasteiger partial charge is 0.336 e. The molecule has 1 saturated heterocycles. The predicted molar refractivity (Wildman–Crippen MR) is 116 cm³/mol. The third-order valence-corrected chi connectivity index (χ3v) is 5.91. The third kappa shape index (κ3) is 4.38. The van der Waals surface area contributed by atoms with Gasteiger partial charge in [-0.1, -0.05) is 49.4 Å². The van der Waals surface area contributed by atoms with Gasteiger partial charge in [0.15, 0.2) is 0 Å². The van der Waals surface area contributed by atoms with Crippen LogP contribution in [0.4, 0.5) is 0 Å². The quantitative estimate of drug-likeness (QED) is 0.446. The highest BCUT2D eigenvalue weighted by molar-refractivity contribution is 5.87. The van der Waals surface area contributed by atoms with Crippen molar-refractivity contribution in [1.82, 2.24) is 4.90 Å². The molecule has 0 aliphatic carbocycles. The lowest BCUT2D eigenvalue weighted by Crippen LogP contribution is -2.29. The fourth-order valence-electron chi connectivity index (χ4n) is 4.06. The van der Waals surface area contributed by atoms with Gasteiger partial charge in [-0.25, -0.2) is 4.79 Å². The van der Waals surface area contributed by atoms with E-state index in [9.17, 15) is 14.4 Å². The Labute approximate surface area is 180 Å². The minimum absolute atomic E-state index is 0.0364. The maximum atomic E-state index is 12.7. The predicted octanol–water partition coefficient (Wildman–Crippen LogP) is 4.01. The molecule has 0 radical (unpaired) electrons. The van der Waals surface area contributed by atoms with Crippen molar-refractivity contribution in [2.24, 2.45) is 5.92 Å². The lowest BCUT2D eigenvalue weighted by molar-refractivity contribution is -0.149. The molecule has 0 unspecified atom stereocenters. The molecule has 1 aromatic heterocycles. The number of aryl methyl sites for hydroxylation is 1. The summed E-state index contributed by atoms with van der Waals surface area (Å²) in [6.45, 7) is 4.27.